The molecule has 0 radical (unpaired) electrons. The molecule has 2 aromatic heterocycles. The second-order valence-corrected chi connectivity index (χ2v) is 5.62. The maximum absolute atomic E-state index is 4.22. The van der Waals surface area contributed by atoms with E-state index in [1.165, 1.54) is 30.5 Å². The standard InChI is InChI=1S/C13H17N3S/c1-9-14-7-10(16-9)8-15-12-3-2-4-13-11(12)5-6-17-13/h5-7,12,15H,2-4,8H2,1H3,(H,14,16). The van der Waals surface area contributed by atoms with E-state index in [0.717, 1.165) is 12.4 Å². The van der Waals surface area contributed by atoms with Gasteiger partial charge in [0, 0.05) is 29.4 Å². The Morgan fingerprint density at radius 3 is 3.35 bits per heavy atom. The third-order valence-electron chi connectivity index (χ3n) is 3.35. The fourth-order valence-corrected chi connectivity index (χ4v) is 3.48. The molecular formula is C13H17N3S. The van der Waals surface area contributed by atoms with Gasteiger partial charge in [-0.15, -0.1) is 11.3 Å². The van der Waals surface area contributed by atoms with Gasteiger partial charge in [-0.2, -0.15) is 0 Å². The van der Waals surface area contributed by atoms with Crippen LogP contribution in [0.25, 0.3) is 0 Å². The van der Waals surface area contributed by atoms with E-state index >= 15 is 0 Å². The molecule has 1 atom stereocenters. The summed E-state index contributed by atoms with van der Waals surface area (Å²) < 4.78 is 0. The van der Waals surface area contributed by atoms with Gasteiger partial charge in [0.05, 0.1) is 0 Å². The molecule has 2 heterocycles. The first-order chi connectivity index (χ1) is 8.33. The maximum atomic E-state index is 4.22. The normalized spacial score (nSPS) is 19.2. The van der Waals surface area contributed by atoms with E-state index in [9.17, 15) is 0 Å². The summed E-state index contributed by atoms with van der Waals surface area (Å²) in [6.45, 7) is 2.86. The fourth-order valence-electron chi connectivity index (χ4n) is 2.49. The van der Waals surface area contributed by atoms with E-state index in [1.54, 1.807) is 4.88 Å². The van der Waals surface area contributed by atoms with Gasteiger partial charge in [0.2, 0.25) is 0 Å². The zero-order chi connectivity index (χ0) is 11.7. The van der Waals surface area contributed by atoms with Crippen LogP contribution >= 0.6 is 11.3 Å². The molecule has 4 heteroatoms. The Bertz CT molecular complexity index is 500. The first kappa shape index (κ1) is 11.0. The molecule has 90 valence electrons. The highest BCUT2D eigenvalue weighted by Crippen LogP contribution is 2.33. The Morgan fingerprint density at radius 1 is 1.59 bits per heavy atom. The minimum atomic E-state index is 0.522. The Labute approximate surface area is 105 Å². The zero-order valence-corrected chi connectivity index (χ0v) is 10.8. The lowest BCUT2D eigenvalue weighted by molar-refractivity contribution is 0.460. The highest BCUT2D eigenvalue weighted by atomic mass is 32.1. The molecule has 2 N–H and O–H groups in total. The number of thiophene rings is 1. The average molecular weight is 247 g/mol. The summed E-state index contributed by atoms with van der Waals surface area (Å²) >= 11 is 1.89. The fraction of sp³-hybridized carbons (Fsp3) is 0.462. The van der Waals surface area contributed by atoms with Crippen molar-refractivity contribution >= 4 is 11.3 Å². The van der Waals surface area contributed by atoms with E-state index in [0.29, 0.717) is 6.04 Å². The van der Waals surface area contributed by atoms with Crippen LogP contribution in [0.4, 0.5) is 0 Å². The van der Waals surface area contributed by atoms with E-state index in [1.807, 2.05) is 24.5 Å². The molecule has 17 heavy (non-hydrogen) atoms. The molecule has 0 saturated heterocycles. The maximum Gasteiger partial charge on any atom is 0.103 e. The van der Waals surface area contributed by atoms with Crippen LogP contribution in [0.15, 0.2) is 17.6 Å². The molecule has 0 saturated carbocycles. The van der Waals surface area contributed by atoms with Crippen molar-refractivity contribution in [2.24, 2.45) is 0 Å². The van der Waals surface area contributed by atoms with Crippen molar-refractivity contribution in [1.29, 1.82) is 0 Å². The van der Waals surface area contributed by atoms with Gasteiger partial charge in [-0.25, -0.2) is 4.98 Å². The molecule has 0 aromatic carbocycles. The van der Waals surface area contributed by atoms with E-state index < -0.39 is 0 Å². The Kier molecular flexibility index (Phi) is 2.99. The van der Waals surface area contributed by atoms with Crippen LogP contribution < -0.4 is 5.32 Å². The predicted molar refractivity (Wildman–Crippen MR) is 70.2 cm³/mol. The van der Waals surface area contributed by atoms with E-state index in [4.69, 9.17) is 0 Å². The number of aromatic amines is 1. The van der Waals surface area contributed by atoms with E-state index in [-0.39, 0.29) is 0 Å². The van der Waals surface area contributed by atoms with Crippen LogP contribution in [-0.2, 0) is 13.0 Å². The summed E-state index contributed by atoms with van der Waals surface area (Å²) in [6, 6.07) is 2.79. The number of hydrogen-bond donors (Lipinski definition) is 2. The SMILES string of the molecule is Cc1ncc(CNC2CCCc3sccc32)[nH]1. The molecule has 3 rings (SSSR count). The number of fused-ring (bicyclic) bond motifs is 1. The molecule has 3 nitrogen and oxygen atoms in total. The number of imidazole rings is 1. The summed E-state index contributed by atoms with van der Waals surface area (Å²) in [5.41, 5.74) is 2.68. The van der Waals surface area contributed by atoms with Gasteiger partial charge in [0.25, 0.3) is 0 Å². The molecular weight excluding hydrogens is 230 g/mol. The number of aryl methyl sites for hydroxylation is 2. The molecule has 1 aliphatic carbocycles. The smallest absolute Gasteiger partial charge is 0.103 e. The molecule has 2 aromatic rings. The monoisotopic (exact) mass is 247 g/mol. The van der Waals surface area contributed by atoms with Crippen LogP contribution in [0.1, 0.15) is 40.8 Å². The second-order valence-electron chi connectivity index (χ2n) is 4.62. The predicted octanol–water partition coefficient (Wildman–Crippen LogP) is 2.95. The number of H-pyrrole nitrogens is 1. The number of aromatic nitrogens is 2. The number of rotatable bonds is 3. The Hall–Kier alpha value is -1.13. The molecule has 1 unspecified atom stereocenters. The molecule has 0 fully saturated rings. The van der Waals surface area contributed by atoms with E-state index in [2.05, 4.69) is 26.7 Å². The molecule has 0 amide bonds. The quantitative estimate of drug-likeness (QED) is 0.875. The van der Waals surface area contributed by atoms with Gasteiger partial charge < -0.3 is 10.3 Å². The van der Waals surface area contributed by atoms with Crippen LogP contribution in [0.3, 0.4) is 0 Å². The number of nitrogens with zero attached hydrogens (tertiary/aromatic N) is 1. The van der Waals surface area contributed by atoms with Gasteiger partial charge in [-0.1, -0.05) is 0 Å². The van der Waals surface area contributed by atoms with Crippen molar-refractivity contribution in [2.75, 3.05) is 0 Å². The Morgan fingerprint density at radius 2 is 2.53 bits per heavy atom. The lowest BCUT2D eigenvalue weighted by atomic mass is 9.94. The average Bonchev–Trinajstić information content (AvgIpc) is 2.94. The van der Waals surface area contributed by atoms with Crippen molar-refractivity contribution in [3.63, 3.8) is 0 Å². The molecule has 1 aliphatic rings. The Balaban J connectivity index is 1.67. The molecule has 0 aliphatic heterocycles. The molecule has 0 bridgehead atoms. The summed E-state index contributed by atoms with van der Waals surface area (Å²) in [5, 5.41) is 5.84. The third kappa shape index (κ3) is 2.28. The van der Waals surface area contributed by atoms with Crippen LogP contribution in [0.2, 0.25) is 0 Å². The summed E-state index contributed by atoms with van der Waals surface area (Å²) in [6.07, 6.45) is 5.72. The first-order valence-corrected chi connectivity index (χ1v) is 7.01. The minimum absolute atomic E-state index is 0.522. The lowest BCUT2D eigenvalue weighted by Crippen LogP contribution is -2.24. The van der Waals surface area contributed by atoms with Crippen LogP contribution in [-0.4, -0.2) is 9.97 Å². The van der Waals surface area contributed by atoms with Crippen molar-refractivity contribution in [3.8, 4) is 0 Å². The second kappa shape index (κ2) is 4.63. The van der Waals surface area contributed by atoms with Crippen molar-refractivity contribution in [3.05, 3.63) is 39.6 Å². The van der Waals surface area contributed by atoms with Gasteiger partial charge >= 0.3 is 0 Å². The topological polar surface area (TPSA) is 40.7 Å². The minimum Gasteiger partial charge on any atom is -0.345 e. The van der Waals surface area contributed by atoms with Gasteiger partial charge in [-0.05, 0) is 43.2 Å². The van der Waals surface area contributed by atoms with Crippen LogP contribution in [0.5, 0.6) is 0 Å². The zero-order valence-electron chi connectivity index (χ0n) is 9.99. The number of hydrogen-bond acceptors (Lipinski definition) is 3. The van der Waals surface area contributed by atoms with Crippen LogP contribution in [0, 0.1) is 6.92 Å². The number of nitrogens with one attached hydrogen (secondary N) is 2. The van der Waals surface area contributed by atoms with Crippen molar-refractivity contribution in [2.45, 2.75) is 38.8 Å². The highest BCUT2D eigenvalue weighted by Gasteiger charge is 2.20. The van der Waals surface area contributed by atoms with Gasteiger partial charge in [0.1, 0.15) is 5.82 Å². The highest BCUT2D eigenvalue weighted by molar-refractivity contribution is 7.10. The van der Waals surface area contributed by atoms with Crippen molar-refractivity contribution < 1.29 is 0 Å². The van der Waals surface area contributed by atoms with Gasteiger partial charge in [-0.3, -0.25) is 0 Å². The third-order valence-corrected chi connectivity index (χ3v) is 4.34. The largest absolute Gasteiger partial charge is 0.345 e. The lowest BCUT2D eigenvalue weighted by Gasteiger charge is -2.23. The molecule has 0 spiro atoms. The summed E-state index contributed by atoms with van der Waals surface area (Å²) in [4.78, 5) is 9.05. The van der Waals surface area contributed by atoms with Gasteiger partial charge in [0.15, 0.2) is 0 Å². The first-order valence-electron chi connectivity index (χ1n) is 6.13. The summed E-state index contributed by atoms with van der Waals surface area (Å²) in [7, 11) is 0. The summed E-state index contributed by atoms with van der Waals surface area (Å²) in [5.74, 6) is 0.988. The van der Waals surface area contributed by atoms with Crippen molar-refractivity contribution in [1.82, 2.24) is 15.3 Å².